The highest BCUT2D eigenvalue weighted by molar-refractivity contribution is 7.93. The minimum Gasteiger partial charge on any atom is -0.497 e. The predicted molar refractivity (Wildman–Crippen MR) is 104 cm³/mol. The Morgan fingerprint density at radius 3 is 2.57 bits per heavy atom. The Hall–Kier alpha value is -2.81. The van der Waals surface area contributed by atoms with Crippen molar-refractivity contribution in [3.8, 4) is 17.2 Å². The quantitative estimate of drug-likeness (QED) is 0.651. The van der Waals surface area contributed by atoms with Gasteiger partial charge in [0.1, 0.15) is 10.6 Å². The van der Waals surface area contributed by atoms with Crippen molar-refractivity contribution in [1.82, 2.24) is 15.2 Å². The molecule has 0 bridgehead atoms. The van der Waals surface area contributed by atoms with Crippen LogP contribution in [0.25, 0.3) is 11.5 Å². The van der Waals surface area contributed by atoms with Gasteiger partial charge in [0.25, 0.3) is 15.9 Å². The van der Waals surface area contributed by atoms with Gasteiger partial charge in [-0.15, -0.1) is 10.2 Å². The van der Waals surface area contributed by atoms with Gasteiger partial charge in [0, 0.05) is 17.3 Å². The molecule has 1 saturated carbocycles. The summed E-state index contributed by atoms with van der Waals surface area (Å²) in [6.45, 7) is 5.32. The van der Waals surface area contributed by atoms with Gasteiger partial charge < -0.3 is 14.1 Å². The molecule has 28 heavy (non-hydrogen) atoms. The van der Waals surface area contributed by atoms with Crippen molar-refractivity contribution in [1.29, 1.82) is 0 Å². The van der Waals surface area contributed by atoms with E-state index in [1.54, 1.807) is 39.2 Å². The number of hydrogen-bond acceptors (Lipinski definition) is 6. The molecule has 4 rings (SSSR count). The van der Waals surface area contributed by atoms with Crippen molar-refractivity contribution in [2.45, 2.75) is 44.4 Å². The molecule has 1 fully saturated rings. The number of aromatic nitrogens is 3. The van der Waals surface area contributed by atoms with E-state index in [2.05, 4.69) is 19.9 Å². The summed E-state index contributed by atoms with van der Waals surface area (Å²) < 4.78 is 40.1. The molecule has 0 aliphatic heterocycles. The first-order valence-corrected chi connectivity index (χ1v) is 10.5. The molecule has 2 N–H and O–H groups in total. The minimum absolute atomic E-state index is 0.117. The van der Waals surface area contributed by atoms with Gasteiger partial charge in [-0.25, -0.2) is 8.42 Å². The number of sulfonamides is 1. The van der Waals surface area contributed by atoms with Crippen LogP contribution in [0.3, 0.4) is 0 Å². The third-order valence-electron chi connectivity index (χ3n) is 4.85. The molecule has 8 nitrogen and oxygen atoms in total. The van der Waals surface area contributed by atoms with E-state index in [9.17, 15) is 8.42 Å². The summed E-state index contributed by atoms with van der Waals surface area (Å²) in [7, 11) is -2.32. The van der Waals surface area contributed by atoms with E-state index in [0.717, 1.165) is 18.4 Å². The number of aryl methyl sites for hydroxylation is 3. The molecule has 0 saturated heterocycles. The lowest BCUT2D eigenvalue weighted by molar-refractivity contribution is 0.414. The van der Waals surface area contributed by atoms with Crippen LogP contribution in [0.15, 0.2) is 27.5 Å². The number of aromatic amines is 1. The SMILES string of the molecule is COc1ccc(NS(=O)(=O)c2c(C)[nH]c(C)c2-c2nnc(C3CC3)o2)c(C)c1. The van der Waals surface area contributed by atoms with Crippen LogP contribution in [0.2, 0.25) is 0 Å². The highest BCUT2D eigenvalue weighted by atomic mass is 32.2. The normalized spacial score (nSPS) is 14.3. The van der Waals surface area contributed by atoms with Gasteiger partial charge in [-0.05, 0) is 57.4 Å². The smallest absolute Gasteiger partial charge is 0.264 e. The molecule has 0 amide bonds. The molecule has 1 aromatic carbocycles. The number of H-pyrrole nitrogens is 1. The lowest BCUT2D eigenvalue weighted by atomic mass is 10.2. The maximum Gasteiger partial charge on any atom is 0.264 e. The molecule has 9 heteroatoms. The van der Waals surface area contributed by atoms with E-state index in [4.69, 9.17) is 9.15 Å². The zero-order valence-corrected chi connectivity index (χ0v) is 17.0. The largest absolute Gasteiger partial charge is 0.497 e. The first-order chi connectivity index (χ1) is 13.3. The summed E-state index contributed by atoms with van der Waals surface area (Å²) in [5.74, 6) is 1.74. The van der Waals surface area contributed by atoms with Crippen molar-refractivity contribution >= 4 is 15.7 Å². The van der Waals surface area contributed by atoms with E-state index in [1.165, 1.54) is 0 Å². The molecular formula is C19H22N4O4S. The molecule has 2 aromatic heterocycles. The number of methoxy groups -OCH3 is 1. The number of ether oxygens (including phenoxy) is 1. The van der Waals surface area contributed by atoms with Crippen LogP contribution < -0.4 is 9.46 Å². The van der Waals surface area contributed by atoms with E-state index in [-0.39, 0.29) is 10.8 Å². The van der Waals surface area contributed by atoms with E-state index in [0.29, 0.717) is 40.2 Å². The lowest BCUT2D eigenvalue weighted by Gasteiger charge is -2.12. The maximum atomic E-state index is 13.2. The molecule has 1 aliphatic rings. The summed E-state index contributed by atoms with van der Waals surface area (Å²) in [4.78, 5) is 3.20. The zero-order valence-electron chi connectivity index (χ0n) is 16.2. The molecule has 0 atom stereocenters. The molecule has 3 aromatic rings. The third-order valence-corrected chi connectivity index (χ3v) is 6.38. The fourth-order valence-corrected chi connectivity index (χ4v) is 4.84. The van der Waals surface area contributed by atoms with Crippen molar-refractivity contribution in [3.63, 3.8) is 0 Å². The highest BCUT2D eigenvalue weighted by Crippen LogP contribution is 2.41. The number of rotatable bonds is 6. The van der Waals surface area contributed by atoms with Crippen LogP contribution in [0.5, 0.6) is 5.75 Å². The average molecular weight is 402 g/mol. The van der Waals surface area contributed by atoms with E-state index in [1.807, 2.05) is 6.92 Å². The van der Waals surface area contributed by atoms with Crippen LogP contribution in [-0.2, 0) is 10.0 Å². The second kappa shape index (κ2) is 6.66. The van der Waals surface area contributed by atoms with Crippen LogP contribution in [0, 0.1) is 20.8 Å². The summed E-state index contributed by atoms with van der Waals surface area (Å²) in [6.07, 6.45) is 2.05. The van der Waals surface area contributed by atoms with Gasteiger partial charge in [0.2, 0.25) is 5.89 Å². The Bertz CT molecular complexity index is 1140. The van der Waals surface area contributed by atoms with Gasteiger partial charge in [-0.1, -0.05) is 0 Å². The Morgan fingerprint density at radius 1 is 1.18 bits per heavy atom. The van der Waals surface area contributed by atoms with Gasteiger partial charge in [0.15, 0.2) is 0 Å². The van der Waals surface area contributed by atoms with E-state index < -0.39 is 10.0 Å². The number of nitrogens with one attached hydrogen (secondary N) is 2. The third kappa shape index (κ3) is 3.26. The molecule has 0 spiro atoms. The van der Waals surface area contributed by atoms with Crippen LogP contribution in [-0.4, -0.2) is 30.7 Å². The van der Waals surface area contributed by atoms with Gasteiger partial charge in [-0.2, -0.15) is 0 Å². The summed E-state index contributed by atoms with van der Waals surface area (Å²) in [5, 5.41) is 8.18. The first-order valence-electron chi connectivity index (χ1n) is 9.00. The molecule has 0 unspecified atom stereocenters. The second-order valence-electron chi connectivity index (χ2n) is 7.09. The highest BCUT2D eigenvalue weighted by Gasteiger charge is 2.33. The monoisotopic (exact) mass is 402 g/mol. The average Bonchev–Trinajstić information content (AvgIpc) is 3.29. The Labute approximate surface area is 163 Å². The standard InChI is InChI=1S/C19H22N4O4S/c1-10-9-14(26-4)7-8-15(10)23-28(24,25)17-12(3)20-11(2)16(17)19-22-21-18(27-19)13-5-6-13/h7-9,13,20,23H,5-6H2,1-4H3. The van der Waals surface area contributed by atoms with Crippen LogP contribution in [0.1, 0.15) is 41.6 Å². The first kappa shape index (κ1) is 18.5. The summed E-state index contributed by atoms with van der Waals surface area (Å²) in [6, 6.07) is 5.16. The fourth-order valence-electron chi connectivity index (χ4n) is 3.26. The maximum absolute atomic E-state index is 13.2. The topological polar surface area (TPSA) is 110 Å². The number of anilines is 1. The lowest BCUT2D eigenvalue weighted by Crippen LogP contribution is -2.15. The van der Waals surface area contributed by atoms with Gasteiger partial charge in [0.05, 0.1) is 18.4 Å². The molecule has 0 radical (unpaired) electrons. The number of nitrogens with zero attached hydrogens (tertiary/aromatic N) is 2. The molecular weight excluding hydrogens is 380 g/mol. The van der Waals surface area contributed by atoms with Gasteiger partial charge >= 0.3 is 0 Å². The summed E-state index contributed by atoms with van der Waals surface area (Å²) >= 11 is 0. The van der Waals surface area contributed by atoms with Gasteiger partial charge in [-0.3, -0.25) is 4.72 Å². The number of benzene rings is 1. The Morgan fingerprint density at radius 2 is 1.93 bits per heavy atom. The number of hydrogen-bond donors (Lipinski definition) is 2. The zero-order chi connectivity index (χ0) is 20.1. The molecule has 148 valence electrons. The minimum atomic E-state index is -3.89. The van der Waals surface area contributed by atoms with Crippen LogP contribution >= 0.6 is 0 Å². The Kier molecular flexibility index (Phi) is 4.41. The van der Waals surface area contributed by atoms with Crippen molar-refractivity contribution in [2.24, 2.45) is 0 Å². The van der Waals surface area contributed by atoms with Crippen molar-refractivity contribution in [2.75, 3.05) is 11.8 Å². The second-order valence-corrected chi connectivity index (χ2v) is 8.70. The fraction of sp³-hybridized carbons (Fsp3) is 0.368. The predicted octanol–water partition coefficient (Wildman–Crippen LogP) is 3.68. The van der Waals surface area contributed by atoms with Crippen LogP contribution in [0.4, 0.5) is 5.69 Å². The van der Waals surface area contributed by atoms with E-state index >= 15 is 0 Å². The summed E-state index contributed by atoms with van der Waals surface area (Å²) in [5.41, 5.74) is 2.82. The van der Waals surface area contributed by atoms with Crippen molar-refractivity contribution < 1.29 is 17.6 Å². The Balaban J connectivity index is 1.75. The van der Waals surface area contributed by atoms with Crippen molar-refractivity contribution in [3.05, 3.63) is 41.0 Å². The molecule has 1 aliphatic carbocycles. The molecule has 2 heterocycles.